The SMILES string of the molecule is Cc1ccc(C(=O)NCC#Cc2ccc(N(C)C)cc2)cc1C. The number of benzene rings is 2. The molecule has 0 spiro atoms. The molecule has 23 heavy (non-hydrogen) atoms. The van der Waals surface area contributed by atoms with E-state index in [2.05, 4.69) is 17.2 Å². The van der Waals surface area contributed by atoms with Gasteiger partial charge >= 0.3 is 0 Å². The van der Waals surface area contributed by atoms with E-state index in [1.165, 1.54) is 5.56 Å². The lowest BCUT2D eigenvalue weighted by Gasteiger charge is -2.11. The lowest BCUT2D eigenvalue weighted by molar-refractivity contribution is 0.0958. The summed E-state index contributed by atoms with van der Waals surface area (Å²) in [6.45, 7) is 4.37. The van der Waals surface area contributed by atoms with Crippen LogP contribution >= 0.6 is 0 Å². The van der Waals surface area contributed by atoms with Gasteiger partial charge in [0, 0.05) is 30.9 Å². The van der Waals surface area contributed by atoms with Gasteiger partial charge in [-0.25, -0.2) is 0 Å². The molecule has 0 fully saturated rings. The summed E-state index contributed by atoms with van der Waals surface area (Å²) in [6, 6.07) is 13.7. The number of anilines is 1. The Morgan fingerprint density at radius 3 is 2.35 bits per heavy atom. The number of carbonyl (C=O) groups is 1. The molecule has 0 aromatic heterocycles. The Morgan fingerprint density at radius 2 is 1.74 bits per heavy atom. The molecular formula is C20H22N2O. The molecule has 2 aromatic rings. The average Bonchev–Trinajstić information content (AvgIpc) is 2.54. The minimum absolute atomic E-state index is 0.0923. The first kappa shape index (κ1) is 16.6. The lowest BCUT2D eigenvalue weighted by atomic mass is 10.1. The zero-order valence-corrected chi connectivity index (χ0v) is 14.1. The van der Waals surface area contributed by atoms with Gasteiger partial charge in [0.15, 0.2) is 0 Å². The molecule has 2 rings (SSSR count). The van der Waals surface area contributed by atoms with Crippen molar-refractivity contribution >= 4 is 11.6 Å². The van der Waals surface area contributed by atoms with Gasteiger partial charge in [-0.05, 0) is 61.4 Å². The highest BCUT2D eigenvalue weighted by molar-refractivity contribution is 5.94. The zero-order valence-electron chi connectivity index (χ0n) is 14.1. The second-order valence-electron chi connectivity index (χ2n) is 5.72. The Hall–Kier alpha value is -2.73. The fourth-order valence-corrected chi connectivity index (χ4v) is 2.10. The molecule has 2 aromatic carbocycles. The van der Waals surface area contributed by atoms with Gasteiger partial charge in [0.1, 0.15) is 0 Å². The first-order valence-corrected chi connectivity index (χ1v) is 7.59. The lowest BCUT2D eigenvalue weighted by Crippen LogP contribution is -2.23. The van der Waals surface area contributed by atoms with E-state index in [-0.39, 0.29) is 5.91 Å². The quantitative estimate of drug-likeness (QED) is 0.884. The summed E-state index contributed by atoms with van der Waals surface area (Å²) in [6.07, 6.45) is 0. The van der Waals surface area contributed by atoms with Crippen molar-refractivity contribution in [3.63, 3.8) is 0 Å². The van der Waals surface area contributed by atoms with Crippen molar-refractivity contribution in [3.8, 4) is 11.8 Å². The van der Waals surface area contributed by atoms with Crippen molar-refractivity contribution in [2.45, 2.75) is 13.8 Å². The highest BCUT2D eigenvalue weighted by Gasteiger charge is 2.04. The number of nitrogens with one attached hydrogen (secondary N) is 1. The van der Waals surface area contributed by atoms with E-state index in [4.69, 9.17) is 0 Å². The molecule has 0 saturated carbocycles. The minimum atomic E-state index is -0.0923. The maximum Gasteiger partial charge on any atom is 0.252 e. The van der Waals surface area contributed by atoms with Gasteiger partial charge in [-0.15, -0.1) is 0 Å². The number of hydrogen-bond acceptors (Lipinski definition) is 2. The molecule has 1 amide bonds. The monoisotopic (exact) mass is 306 g/mol. The Labute approximate surface area is 138 Å². The molecular weight excluding hydrogens is 284 g/mol. The number of carbonyl (C=O) groups excluding carboxylic acids is 1. The van der Waals surface area contributed by atoms with E-state index in [1.807, 2.05) is 75.3 Å². The fraction of sp³-hybridized carbons (Fsp3) is 0.250. The van der Waals surface area contributed by atoms with Gasteiger partial charge in [0.05, 0.1) is 6.54 Å². The summed E-state index contributed by atoms with van der Waals surface area (Å²) < 4.78 is 0. The normalized spacial score (nSPS) is 9.74. The Balaban J connectivity index is 1.92. The zero-order chi connectivity index (χ0) is 16.8. The summed E-state index contributed by atoms with van der Waals surface area (Å²) in [5.74, 6) is 5.94. The highest BCUT2D eigenvalue weighted by atomic mass is 16.1. The summed E-state index contributed by atoms with van der Waals surface area (Å²) in [7, 11) is 4.01. The number of amides is 1. The maximum absolute atomic E-state index is 12.1. The van der Waals surface area contributed by atoms with Crippen molar-refractivity contribution in [1.82, 2.24) is 5.32 Å². The first-order chi connectivity index (χ1) is 11.0. The van der Waals surface area contributed by atoms with Crippen LogP contribution < -0.4 is 10.2 Å². The molecule has 0 aliphatic rings. The van der Waals surface area contributed by atoms with Crippen molar-refractivity contribution in [1.29, 1.82) is 0 Å². The molecule has 0 saturated heterocycles. The highest BCUT2D eigenvalue weighted by Crippen LogP contribution is 2.11. The third-order valence-electron chi connectivity index (χ3n) is 3.72. The molecule has 0 aliphatic heterocycles. The summed E-state index contributed by atoms with van der Waals surface area (Å²) in [5.41, 5.74) is 5.05. The van der Waals surface area contributed by atoms with Crippen molar-refractivity contribution < 1.29 is 4.79 Å². The van der Waals surface area contributed by atoms with Crippen LogP contribution in [0, 0.1) is 25.7 Å². The largest absolute Gasteiger partial charge is 0.378 e. The van der Waals surface area contributed by atoms with Crippen LogP contribution in [0.1, 0.15) is 27.0 Å². The van der Waals surface area contributed by atoms with Crippen LogP contribution in [-0.2, 0) is 0 Å². The van der Waals surface area contributed by atoms with Gasteiger partial charge in [0.2, 0.25) is 0 Å². The summed E-state index contributed by atoms with van der Waals surface area (Å²) in [4.78, 5) is 14.1. The average molecular weight is 306 g/mol. The van der Waals surface area contributed by atoms with E-state index < -0.39 is 0 Å². The molecule has 0 unspecified atom stereocenters. The van der Waals surface area contributed by atoms with Crippen LogP contribution in [0.4, 0.5) is 5.69 Å². The van der Waals surface area contributed by atoms with Gasteiger partial charge in [-0.2, -0.15) is 0 Å². The van der Waals surface area contributed by atoms with Crippen molar-refractivity contribution in [2.75, 3.05) is 25.5 Å². The molecule has 3 heteroatoms. The maximum atomic E-state index is 12.1. The van der Waals surface area contributed by atoms with Crippen LogP contribution in [0.2, 0.25) is 0 Å². The molecule has 0 heterocycles. The molecule has 0 aliphatic carbocycles. The Kier molecular flexibility index (Phi) is 5.43. The summed E-state index contributed by atoms with van der Waals surface area (Å²) >= 11 is 0. The standard InChI is InChI=1S/C20H22N2O/c1-15-7-10-18(14-16(15)2)20(23)21-13-5-6-17-8-11-19(12-9-17)22(3)4/h7-12,14H,13H2,1-4H3,(H,21,23). The molecule has 0 radical (unpaired) electrons. The van der Waals surface area contributed by atoms with Crippen molar-refractivity contribution in [3.05, 3.63) is 64.7 Å². The minimum Gasteiger partial charge on any atom is -0.378 e. The fourth-order valence-electron chi connectivity index (χ4n) is 2.10. The van der Waals surface area contributed by atoms with E-state index in [0.717, 1.165) is 16.8 Å². The number of hydrogen-bond donors (Lipinski definition) is 1. The predicted octanol–water partition coefficient (Wildman–Crippen LogP) is 3.15. The number of rotatable bonds is 3. The molecule has 1 N–H and O–H groups in total. The van der Waals surface area contributed by atoms with Crippen LogP contribution in [0.5, 0.6) is 0 Å². The molecule has 3 nitrogen and oxygen atoms in total. The van der Waals surface area contributed by atoms with Gasteiger partial charge in [-0.3, -0.25) is 4.79 Å². The summed E-state index contributed by atoms with van der Waals surface area (Å²) in [5, 5.41) is 2.82. The smallest absolute Gasteiger partial charge is 0.252 e. The van der Waals surface area contributed by atoms with Crippen LogP contribution in [0.15, 0.2) is 42.5 Å². The van der Waals surface area contributed by atoms with Crippen LogP contribution in [0.25, 0.3) is 0 Å². The van der Waals surface area contributed by atoms with Crippen LogP contribution in [0.3, 0.4) is 0 Å². The number of nitrogens with zero attached hydrogens (tertiary/aromatic N) is 1. The molecule has 0 bridgehead atoms. The number of aryl methyl sites for hydroxylation is 2. The van der Waals surface area contributed by atoms with E-state index in [1.54, 1.807) is 0 Å². The van der Waals surface area contributed by atoms with Gasteiger partial charge in [-0.1, -0.05) is 17.9 Å². The van der Waals surface area contributed by atoms with E-state index in [9.17, 15) is 4.79 Å². The van der Waals surface area contributed by atoms with Crippen LogP contribution in [-0.4, -0.2) is 26.5 Å². The second-order valence-corrected chi connectivity index (χ2v) is 5.72. The first-order valence-electron chi connectivity index (χ1n) is 7.59. The third-order valence-corrected chi connectivity index (χ3v) is 3.72. The predicted molar refractivity (Wildman–Crippen MR) is 95.9 cm³/mol. The van der Waals surface area contributed by atoms with Gasteiger partial charge < -0.3 is 10.2 Å². The van der Waals surface area contributed by atoms with Gasteiger partial charge in [0.25, 0.3) is 5.91 Å². The topological polar surface area (TPSA) is 32.3 Å². The van der Waals surface area contributed by atoms with Crippen molar-refractivity contribution in [2.24, 2.45) is 0 Å². The van der Waals surface area contributed by atoms with E-state index >= 15 is 0 Å². The molecule has 118 valence electrons. The molecule has 0 atom stereocenters. The Bertz CT molecular complexity index is 749. The van der Waals surface area contributed by atoms with E-state index in [0.29, 0.717) is 12.1 Å². The third kappa shape index (κ3) is 4.62. The second kappa shape index (κ2) is 7.51. The Morgan fingerprint density at radius 1 is 1.04 bits per heavy atom.